The van der Waals surface area contributed by atoms with Crippen LogP contribution in [-0.4, -0.2) is 36.7 Å². The van der Waals surface area contributed by atoms with Crippen LogP contribution in [0.4, 0.5) is 0 Å². The van der Waals surface area contributed by atoms with Gasteiger partial charge in [0.2, 0.25) is 0 Å². The Balaban J connectivity index is 1.54. The Bertz CT molecular complexity index is 848. The summed E-state index contributed by atoms with van der Waals surface area (Å²) < 4.78 is 4.15. The fraction of sp³-hybridized carbons (Fsp3) is 0.353. The van der Waals surface area contributed by atoms with E-state index in [0.29, 0.717) is 13.1 Å². The van der Waals surface area contributed by atoms with Crippen LogP contribution in [0.2, 0.25) is 0 Å². The van der Waals surface area contributed by atoms with Crippen molar-refractivity contribution in [2.24, 2.45) is 0 Å². The number of hydrogen-bond donors (Lipinski definition) is 0. The average molecular weight is 341 g/mol. The molecule has 7 heteroatoms. The number of hydrogen-bond acceptors (Lipinski definition) is 4. The maximum atomic E-state index is 12.9. The first-order chi connectivity index (χ1) is 11.8. The van der Waals surface area contributed by atoms with E-state index in [2.05, 4.69) is 33.1 Å². The number of aromatic nitrogens is 4. The van der Waals surface area contributed by atoms with Crippen molar-refractivity contribution < 1.29 is 4.79 Å². The van der Waals surface area contributed by atoms with Gasteiger partial charge in [0.25, 0.3) is 5.91 Å². The molecule has 0 aliphatic carbocycles. The molecule has 1 amide bonds. The molecule has 6 nitrogen and oxygen atoms in total. The summed E-state index contributed by atoms with van der Waals surface area (Å²) >= 11 is 1.71. The summed E-state index contributed by atoms with van der Waals surface area (Å²) in [4.78, 5) is 16.1. The van der Waals surface area contributed by atoms with Crippen LogP contribution in [0.15, 0.2) is 35.8 Å². The van der Waals surface area contributed by atoms with Gasteiger partial charge in [-0.3, -0.25) is 4.79 Å². The third-order valence-electron chi connectivity index (χ3n) is 4.39. The van der Waals surface area contributed by atoms with Gasteiger partial charge in [0.1, 0.15) is 11.5 Å². The molecule has 0 bridgehead atoms. The average Bonchev–Trinajstić information content (AvgIpc) is 3.34. The monoisotopic (exact) mass is 341 g/mol. The lowest BCUT2D eigenvalue weighted by Crippen LogP contribution is -2.39. The zero-order chi connectivity index (χ0) is 16.5. The van der Waals surface area contributed by atoms with Gasteiger partial charge in [-0.1, -0.05) is 13.0 Å². The second kappa shape index (κ2) is 6.24. The molecule has 4 heterocycles. The van der Waals surface area contributed by atoms with Crippen LogP contribution in [0.3, 0.4) is 0 Å². The number of carbonyl (C=O) groups is 1. The lowest BCUT2D eigenvalue weighted by molar-refractivity contribution is 0.0696. The van der Waals surface area contributed by atoms with Gasteiger partial charge in [0, 0.05) is 30.6 Å². The molecule has 1 aliphatic heterocycles. The maximum Gasteiger partial charge on any atom is 0.270 e. The SMILES string of the molecule is CCc1nnc2n1CCN(C(=O)c1cccn1Cc1cccs1)C2. The normalized spacial score (nSPS) is 14.0. The van der Waals surface area contributed by atoms with Gasteiger partial charge in [-0.15, -0.1) is 21.5 Å². The molecule has 0 unspecified atom stereocenters. The molecule has 3 aromatic rings. The van der Waals surface area contributed by atoms with E-state index in [0.717, 1.165) is 36.9 Å². The predicted octanol–water partition coefficient (Wildman–Crippen LogP) is 2.41. The molecule has 124 valence electrons. The van der Waals surface area contributed by atoms with Gasteiger partial charge >= 0.3 is 0 Å². The molecule has 0 spiro atoms. The van der Waals surface area contributed by atoms with Gasteiger partial charge in [0.05, 0.1) is 13.1 Å². The van der Waals surface area contributed by atoms with Crippen molar-refractivity contribution in [3.05, 3.63) is 58.1 Å². The van der Waals surface area contributed by atoms with Crippen LogP contribution >= 0.6 is 11.3 Å². The summed E-state index contributed by atoms with van der Waals surface area (Å²) in [7, 11) is 0. The topological polar surface area (TPSA) is 56.0 Å². The first-order valence-electron chi connectivity index (χ1n) is 8.14. The number of carbonyl (C=O) groups excluding carboxylic acids is 1. The molecule has 0 aromatic carbocycles. The molecule has 0 saturated heterocycles. The quantitative estimate of drug-likeness (QED) is 0.732. The molecular formula is C17H19N5OS. The Hall–Kier alpha value is -2.41. The molecule has 0 fully saturated rings. The summed E-state index contributed by atoms with van der Waals surface area (Å²) in [6.07, 6.45) is 2.83. The van der Waals surface area contributed by atoms with Gasteiger partial charge in [0.15, 0.2) is 5.82 Å². The second-order valence-corrected chi connectivity index (χ2v) is 6.90. The minimum atomic E-state index is 0.0591. The van der Waals surface area contributed by atoms with Gasteiger partial charge in [-0.05, 0) is 23.6 Å². The molecule has 1 aliphatic rings. The number of amides is 1. The maximum absolute atomic E-state index is 12.9. The molecule has 0 saturated carbocycles. The van der Waals surface area contributed by atoms with Crippen molar-refractivity contribution in [2.45, 2.75) is 33.0 Å². The first-order valence-corrected chi connectivity index (χ1v) is 9.02. The van der Waals surface area contributed by atoms with Crippen LogP contribution in [0.25, 0.3) is 0 Å². The van der Waals surface area contributed by atoms with Crippen molar-refractivity contribution in [1.29, 1.82) is 0 Å². The van der Waals surface area contributed by atoms with Crippen molar-refractivity contribution >= 4 is 17.2 Å². The minimum absolute atomic E-state index is 0.0591. The van der Waals surface area contributed by atoms with E-state index in [1.54, 1.807) is 11.3 Å². The summed E-state index contributed by atoms with van der Waals surface area (Å²) in [6, 6.07) is 7.96. The first kappa shape index (κ1) is 15.1. The predicted molar refractivity (Wildman–Crippen MR) is 92.0 cm³/mol. The lowest BCUT2D eigenvalue weighted by Gasteiger charge is -2.28. The van der Waals surface area contributed by atoms with Crippen molar-refractivity contribution in [3.8, 4) is 0 Å². The van der Waals surface area contributed by atoms with Gasteiger partial charge in [-0.2, -0.15) is 0 Å². The fourth-order valence-electron chi connectivity index (χ4n) is 3.13. The largest absolute Gasteiger partial charge is 0.338 e. The van der Waals surface area contributed by atoms with Gasteiger partial charge < -0.3 is 14.0 Å². The lowest BCUT2D eigenvalue weighted by atomic mass is 10.3. The molecule has 24 heavy (non-hydrogen) atoms. The molecule has 0 atom stereocenters. The van der Waals surface area contributed by atoms with Crippen LogP contribution < -0.4 is 0 Å². The number of thiophene rings is 1. The fourth-order valence-corrected chi connectivity index (χ4v) is 3.83. The highest BCUT2D eigenvalue weighted by molar-refractivity contribution is 7.09. The van der Waals surface area contributed by atoms with Crippen LogP contribution in [0, 0.1) is 0 Å². The number of rotatable bonds is 4. The summed E-state index contributed by atoms with van der Waals surface area (Å²) in [6.45, 7) is 4.79. The van der Waals surface area contributed by atoms with Crippen LogP contribution in [0.1, 0.15) is 33.9 Å². The van der Waals surface area contributed by atoms with E-state index < -0.39 is 0 Å². The molecule has 4 rings (SSSR count). The number of fused-ring (bicyclic) bond motifs is 1. The Morgan fingerprint density at radius 1 is 1.25 bits per heavy atom. The van der Waals surface area contributed by atoms with E-state index in [-0.39, 0.29) is 5.91 Å². The van der Waals surface area contributed by atoms with E-state index in [1.807, 2.05) is 33.9 Å². The Morgan fingerprint density at radius 3 is 2.96 bits per heavy atom. The highest BCUT2D eigenvalue weighted by Gasteiger charge is 2.26. The van der Waals surface area contributed by atoms with Crippen LogP contribution in [-0.2, 0) is 26.1 Å². The van der Waals surface area contributed by atoms with Crippen LogP contribution in [0.5, 0.6) is 0 Å². The standard InChI is InChI=1S/C17H19N5OS/c1-2-15-18-19-16-12-21(8-9-22(15)16)17(23)14-6-3-7-20(14)11-13-5-4-10-24-13/h3-7,10H,2,8-9,11-12H2,1H3. The third kappa shape index (κ3) is 2.65. The smallest absolute Gasteiger partial charge is 0.270 e. The van der Waals surface area contributed by atoms with Gasteiger partial charge in [-0.25, -0.2) is 0 Å². The van der Waals surface area contributed by atoms with E-state index >= 15 is 0 Å². The number of aryl methyl sites for hydroxylation is 1. The Morgan fingerprint density at radius 2 is 2.17 bits per heavy atom. The summed E-state index contributed by atoms with van der Waals surface area (Å²) in [5.74, 6) is 1.94. The molecule has 0 radical (unpaired) electrons. The van der Waals surface area contributed by atoms with Crippen molar-refractivity contribution in [3.63, 3.8) is 0 Å². The Kier molecular flexibility index (Phi) is 3.93. The molecular weight excluding hydrogens is 322 g/mol. The zero-order valence-corrected chi connectivity index (χ0v) is 14.4. The van der Waals surface area contributed by atoms with E-state index in [9.17, 15) is 4.79 Å². The number of nitrogens with zero attached hydrogens (tertiary/aromatic N) is 5. The molecule has 3 aromatic heterocycles. The van der Waals surface area contributed by atoms with E-state index in [4.69, 9.17) is 0 Å². The summed E-state index contributed by atoms with van der Waals surface area (Å²) in [5.41, 5.74) is 0.729. The minimum Gasteiger partial charge on any atom is -0.338 e. The third-order valence-corrected chi connectivity index (χ3v) is 5.25. The molecule has 0 N–H and O–H groups in total. The second-order valence-electron chi connectivity index (χ2n) is 5.87. The van der Waals surface area contributed by atoms with Crippen molar-refractivity contribution in [2.75, 3.05) is 6.54 Å². The highest BCUT2D eigenvalue weighted by atomic mass is 32.1. The summed E-state index contributed by atoms with van der Waals surface area (Å²) in [5, 5.41) is 10.5. The zero-order valence-electron chi connectivity index (χ0n) is 13.6. The van der Waals surface area contributed by atoms with Crippen molar-refractivity contribution in [1.82, 2.24) is 24.2 Å². The highest BCUT2D eigenvalue weighted by Crippen LogP contribution is 2.18. The Labute approximate surface area is 144 Å². The van der Waals surface area contributed by atoms with E-state index in [1.165, 1.54) is 4.88 Å².